The lowest BCUT2D eigenvalue weighted by Crippen LogP contribution is -2.00. The number of nitrogen functional groups attached to an aromatic ring is 1. The van der Waals surface area contributed by atoms with Crippen LogP contribution in [-0.4, -0.2) is 20.2 Å². The van der Waals surface area contributed by atoms with Crippen molar-refractivity contribution in [1.82, 2.24) is 0 Å². The van der Waals surface area contributed by atoms with Crippen LogP contribution < -0.4 is 10.5 Å². The van der Waals surface area contributed by atoms with Gasteiger partial charge in [0.25, 0.3) is 0 Å². The fourth-order valence-corrected chi connectivity index (χ4v) is 1.94. The number of anilines is 1. The van der Waals surface area contributed by atoms with Crippen LogP contribution in [0.1, 0.15) is 15.9 Å². The lowest BCUT2D eigenvalue weighted by Gasteiger charge is -2.07. The van der Waals surface area contributed by atoms with Crippen molar-refractivity contribution in [2.24, 2.45) is 10.2 Å². The molecule has 2 aromatic rings. The lowest BCUT2D eigenvalue weighted by molar-refractivity contribution is 0.0601. The molecule has 0 atom stereocenters. The van der Waals surface area contributed by atoms with E-state index in [1.165, 1.54) is 14.2 Å². The Hall–Kier alpha value is -2.89. The summed E-state index contributed by atoms with van der Waals surface area (Å²) in [6.45, 7) is 1.87. The summed E-state index contributed by atoms with van der Waals surface area (Å²) < 4.78 is 9.90. The van der Waals surface area contributed by atoms with E-state index in [-0.39, 0.29) is 0 Å². The summed E-state index contributed by atoms with van der Waals surface area (Å²) in [4.78, 5) is 11.7. The maximum Gasteiger partial charge on any atom is 0.340 e. The van der Waals surface area contributed by atoms with E-state index in [9.17, 15) is 4.79 Å². The second kappa shape index (κ2) is 6.71. The number of ether oxygens (including phenoxy) is 2. The summed E-state index contributed by atoms with van der Waals surface area (Å²) in [6.07, 6.45) is 0. The molecule has 0 saturated heterocycles. The molecule has 0 heterocycles. The van der Waals surface area contributed by atoms with E-state index in [1.807, 2.05) is 6.92 Å². The number of carbonyl (C=O) groups excluding carboxylic acids is 1. The third-order valence-electron chi connectivity index (χ3n) is 3.12. The van der Waals surface area contributed by atoms with E-state index in [4.69, 9.17) is 15.2 Å². The molecule has 0 fully saturated rings. The van der Waals surface area contributed by atoms with Gasteiger partial charge in [-0.05, 0) is 30.7 Å². The summed E-state index contributed by atoms with van der Waals surface area (Å²) in [5, 5.41) is 8.32. The third-order valence-corrected chi connectivity index (χ3v) is 3.12. The first-order chi connectivity index (χ1) is 10.6. The maximum absolute atomic E-state index is 11.7. The fourth-order valence-electron chi connectivity index (χ4n) is 1.94. The number of hydrogen-bond donors (Lipinski definition) is 1. The average Bonchev–Trinajstić information content (AvgIpc) is 2.53. The van der Waals surface area contributed by atoms with E-state index in [2.05, 4.69) is 10.2 Å². The largest absolute Gasteiger partial charge is 0.495 e. The number of hydrogen-bond acceptors (Lipinski definition) is 6. The zero-order valence-electron chi connectivity index (χ0n) is 12.7. The van der Waals surface area contributed by atoms with Gasteiger partial charge < -0.3 is 15.2 Å². The molecule has 2 rings (SSSR count). The van der Waals surface area contributed by atoms with E-state index in [1.54, 1.807) is 36.4 Å². The van der Waals surface area contributed by atoms with Crippen LogP contribution in [-0.2, 0) is 4.74 Å². The summed E-state index contributed by atoms with van der Waals surface area (Å²) >= 11 is 0. The minimum absolute atomic E-state index is 0.355. The third kappa shape index (κ3) is 3.22. The minimum Gasteiger partial charge on any atom is -0.495 e. The highest BCUT2D eigenvalue weighted by molar-refractivity contribution is 5.94. The second-order valence-electron chi connectivity index (χ2n) is 4.59. The van der Waals surface area contributed by atoms with Crippen LogP contribution in [0.5, 0.6) is 5.75 Å². The van der Waals surface area contributed by atoms with E-state index >= 15 is 0 Å². The van der Waals surface area contributed by atoms with E-state index in [0.717, 1.165) is 5.56 Å². The highest BCUT2D eigenvalue weighted by Crippen LogP contribution is 2.32. The van der Waals surface area contributed by atoms with Crippen molar-refractivity contribution in [2.75, 3.05) is 20.0 Å². The number of azo groups is 1. The van der Waals surface area contributed by atoms with Crippen LogP contribution in [0.3, 0.4) is 0 Å². The van der Waals surface area contributed by atoms with Crippen LogP contribution in [0.4, 0.5) is 17.1 Å². The molecule has 0 unspecified atom stereocenters. The zero-order chi connectivity index (χ0) is 16.1. The molecule has 0 bridgehead atoms. The molecule has 0 amide bonds. The molecule has 0 radical (unpaired) electrons. The summed E-state index contributed by atoms with van der Waals surface area (Å²) in [6, 6.07) is 10.3. The molecule has 0 aliphatic heterocycles. The van der Waals surface area contributed by atoms with Crippen LogP contribution in [0.25, 0.3) is 0 Å². The standard InChI is InChI=1S/C16H17N3O3/c1-10-8-12(17)15(21-2)9-14(10)19-18-13-7-5-4-6-11(13)16(20)22-3/h4-9H,17H2,1-3H3. The molecule has 6 heteroatoms. The molecule has 22 heavy (non-hydrogen) atoms. The normalized spacial score (nSPS) is 10.7. The molecule has 0 aliphatic rings. The van der Waals surface area contributed by atoms with E-state index in [0.29, 0.717) is 28.4 Å². The highest BCUT2D eigenvalue weighted by atomic mass is 16.5. The van der Waals surface area contributed by atoms with Crippen molar-refractivity contribution in [3.8, 4) is 5.75 Å². The van der Waals surface area contributed by atoms with Crippen LogP contribution in [0, 0.1) is 6.92 Å². The Labute approximate surface area is 128 Å². The van der Waals surface area contributed by atoms with Crippen molar-refractivity contribution in [2.45, 2.75) is 6.92 Å². The highest BCUT2D eigenvalue weighted by Gasteiger charge is 2.11. The van der Waals surface area contributed by atoms with Crippen LogP contribution in [0.2, 0.25) is 0 Å². The number of aryl methyl sites for hydroxylation is 1. The van der Waals surface area contributed by atoms with Crippen LogP contribution in [0.15, 0.2) is 46.6 Å². The molecule has 0 saturated carbocycles. The van der Waals surface area contributed by atoms with Gasteiger partial charge in [0.15, 0.2) is 0 Å². The van der Waals surface area contributed by atoms with Crippen molar-refractivity contribution in [3.05, 3.63) is 47.5 Å². The molecular formula is C16H17N3O3. The smallest absolute Gasteiger partial charge is 0.340 e. The van der Waals surface area contributed by atoms with Gasteiger partial charge in [0.2, 0.25) is 0 Å². The van der Waals surface area contributed by atoms with Gasteiger partial charge in [-0.2, -0.15) is 5.11 Å². The molecular weight excluding hydrogens is 282 g/mol. The Morgan fingerprint density at radius 1 is 1.09 bits per heavy atom. The first-order valence-electron chi connectivity index (χ1n) is 6.60. The number of nitrogens with two attached hydrogens (primary N) is 1. The molecule has 2 N–H and O–H groups in total. The van der Waals surface area contributed by atoms with Gasteiger partial charge in [0.1, 0.15) is 11.4 Å². The molecule has 114 valence electrons. The Kier molecular flexibility index (Phi) is 4.73. The van der Waals surface area contributed by atoms with Crippen molar-refractivity contribution >= 4 is 23.0 Å². The number of benzene rings is 2. The van der Waals surface area contributed by atoms with Gasteiger partial charge in [-0.3, -0.25) is 0 Å². The number of esters is 1. The molecule has 2 aromatic carbocycles. The van der Waals surface area contributed by atoms with E-state index < -0.39 is 5.97 Å². The molecule has 6 nitrogen and oxygen atoms in total. The topological polar surface area (TPSA) is 86.3 Å². The monoisotopic (exact) mass is 299 g/mol. The first-order valence-corrected chi connectivity index (χ1v) is 6.60. The predicted octanol–water partition coefficient (Wildman–Crippen LogP) is 3.79. The first kappa shape index (κ1) is 15.5. The number of rotatable bonds is 4. The molecule has 0 aromatic heterocycles. The van der Waals surface area contributed by atoms with Crippen molar-refractivity contribution in [1.29, 1.82) is 0 Å². The Balaban J connectivity index is 2.39. The predicted molar refractivity (Wildman–Crippen MR) is 84.1 cm³/mol. The van der Waals surface area contributed by atoms with Gasteiger partial charge >= 0.3 is 5.97 Å². The van der Waals surface area contributed by atoms with Gasteiger partial charge in [-0.1, -0.05) is 12.1 Å². The van der Waals surface area contributed by atoms with Gasteiger partial charge in [-0.15, -0.1) is 5.11 Å². The van der Waals surface area contributed by atoms with Crippen molar-refractivity contribution < 1.29 is 14.3 Å². The van der Waals surface area contributed by atoms with Crippen molar-refractivity contribution in [3.63, 3.8) is 0 Å². The average molecular weight is 299 g/mol. The molecule has 0 aliphatic carbocycles. The SMILES string of the molecule is COC(=O)c1ccccc1N=Nc1cc(OC)c(N)cc1C. The fraction of sp³-hybridized carbons (Fsp3) is 0.188. The summed E-state index contributed by atoms with van der Waals surface area (Å²) in [5.41, 5.74) is 8.63. The van der Waals surface area contributed by atoms with Crippen LogP contribution >= 0.6 is 0 Å². The van der Waals surface area contributed by atoms with Gasteiger partial charge in [0, 0.05) is 6.07 Å². The summed E-state index contributed by atoms with van der Waals surface area (Å²) in [7, 11) is 2.86. The van der Waals surface area contributed by atoms with Gasteiger partial charge in [-0.25, -0.2) is 4.79 Å². The quantitative estimate of drug-likeness (QED) is 0.528. The number of nitrogens with zero attached hydrogens (tertiary/aromatic N) is 2. The Morgan fingerprint density at radius 2 is 1.77 bits per heavy atom. The second-order valence-corrected chi connectivity index (χ2v) is 4.59. The minimum atomic E-state index is -0.457. The Morgan fingerprint density at radius 3 is 2.45 bits per heavy atom. The molecule has 0 spiro atoms. The maximum atomic E-state index is 11.7. The lowest BCUT2D eigenvalue weighted by atomic mass is 10.1. The Bertz CT molecular complexity index is 727. The summed E-state index contributed by atoms with van der Waals surface area (Å²) in [5.74, 6) is 0.0713. The van der Waals surface area contributed by atoms with Gasteiger partial charge in [0.05, 0.1) is 31.2 Å². The zero-order valence-corrected chi connectivity index (χ0v) is 12.7. The number of methoxy groups -OCH3 is 2. The number of carbonyl (C=O) groups is 1.